The van der Waals surface area contributed by atoms with Gasteiger partial charge in [-0.25, -0.2) is 4.98 Å². The number of para-hydroxylation sites is 1. The van der Waals surface area contributed by atoms with Crippen molar-refractivity contribution >= 4 is 10.9 Å². The van der Waals surface area contributed by atoms with E-state index in [9.17, 15) is 4.79 Å². The van der Waals surface area contributed by atoms with Crippen molar-refractivity contribution in [1.82, 2.24) is 14.9 Å². The Bertz CT molecular complexity index is 949. The molecule has 0 saturated heterocycles. The predicted molar refractivity (Wildman–Crippen MR) is 97.9 cm³/mol. The lowest BCUT2D eigenvalue weighted by Gasteiger charge is -2.19. The average molecular weight is 339 g/mol. The summed E-state index contributed by atoms with van der Waals surface area (Å²) in [6.07, 6.45) is 0. The molecule has 0 aliphatic heterocycles. The van der Waals surface area contributed by atoms with E-state index in [0.29, 0.717) is 22.5 Å². The molecule has 1 atom stereocenters. The van der Waals surface area contributed by atoms with Gasteiger partial charge in [0.05, 0.1) is 31.3 Å². The van der Waals surface area contributed by atoms with Crippen LogP contribution in [-0.4, -0.2) is 30.8 Å². The number of aromatic nitrogens is 2. The van der Waals surface area contributed by atoms with Crippen molar-refractivity contribution in [2.45, 2.75) is 13.0 Å². The Labute approximate surface area is 146 Å². The molecule has 6 nitrogen and oxygen atoms in total. The Morgan fingerprint density at radius 2 is 1.80 bits per heavy atom. The Morgan fingerprint density at radius 3 is 2.40 bits per heavy atom. The van der Waals surface area contributed by atoms with E-state index >= 15 is 0 Å². The van der Waals surface area contributed by atoms with Crippen LogP contribution in [0, 0.1) is 0 Å². The van der Waals surface area contributed by atoms with E-state index in [1.165, 1.54) is 0 Å². The molecule has 2 aromatic carbocycles. The number of methoxy groups -OCH3 is 2. The number of nitrogens with zero attached hydrogens (tertiary/aromatic N) is 2. The topological polar surface area (TPSA) is 65.4 Å². The molecule has 0 aliphatic rings. The molecule has 6 heteroatoms. The van der Waals surface area contributed by atoms with Crippen LogP contribution in [0.15, 0.2) is 47.3 Å². The summed E-state index contributed by atoms with van der Waals surface area (Å²) >= 11 is 0. The van der Waals surface area contributed by atoms with Gasteiger partial charge in [0.15, 0.2) is 0 Å². The van der Waals surface area contributed by atoms with E-state index in [1.54, 1.807) is 37.0 Å². The van der Waals surface area contributed by atoms with Crippen LogP contribution in [0.1, 0.15) is 18.8 Å². The highest BCUT2D eigenvalue weighted by molar-refractivity contribution is 5.84. The highest BCUT2D eigenvalue weighted by Crippen LogP contribution is 2.25. The lowest BCUT2D eigenvalue weighted by Crippen LogP contribution is -2.28. The summed E-state index contributed by atoms with van der Waals surface area (Å²) in [4.78, 5) is 17.9. The summed E-state index contributed by atoms with van der Waals surface area (Å²) in [6, 6.07) is 12.6. The molecule has 3 aromatic rings. The molecule has 1 N–H and O–H groups in total. The first-order valence-corrected chi connectivity index (χ1v) is 8.02. The number of nitrogens with one attached hydrogen (secondary N) is 1. The Balaban J connectivity index is 2.35. The van der Waals surface area contributed by atoms with Gasteiger partial charge in [0.1, 0.15) is 22.8 Å². The van der Waals surface area contributed by atoms with Gasteiger partial charge < -0.3 is 14.8 Å². The Hall–Kier alpha value is -2.86. The molecule has 0 amide bonds. The van der Waals surface area contributed by atoms with Crippen LogP contribution < -0.4 is 20.3 Å². The normalized spacial score (nSPS) is 12.2. The predicted octanol–water partition coefficient (Wildman–Crippen LogP) is 2.68. The third-order valence-electron chi connectivity index (χ3n) is 4.26. The zero-order chi connectivity index (χ0) is 18.0. The summed E-state index contributed by atoms with van der Waals surface area (Å²) in [5.74, 6) is 1.94. The highest BCUT2D eigenvalue weighted by atomic mass is 16.5. The van der Waals surface area contributed by atoms with Gasteiger partial charge in [-0.15, -0.1) is 0 Å². The van der Waals surface area contributed by atoms with E-state index in [1.807, 2.05) is 38.2 Å². The third-order valence-corrected chi connectivity index (χ3v) is 4.26. The smallest absolute Gasteiger partial charge is 0.266 e. The van der Waals surface area contributed by atoms with Crippen LogP contribution in [-0.2, 0) is 0 Å². The molecular formula is C19H21N3O3. The minimum absolute atomic E-state index is 0.121. The van der Waals surface area contributed by atoms with Gasteiger partial charge in [-0.1, -0.05) is 6.07 Å². The standard InChI is InChI=1S/C19H21N3O3/c1-12(20-2)18-21-17-15(6-5-7-16(17)25-4)19(23)22(18)13-8-10-14(24-3)11-9-13/h5-12,20H,1-4H3/t12-/m0/s1. The average Bonchev–Trinajstić information content (AvgIpc) is 2.67. The molecule has 130 valence electrons. The van der Waals surface area contributed by atoms with Crippen molar-refractivity contribution in [2.75, 3.05) is 21.3 Å². The second kappa shape index (κ2) is 6.94. The lowest BCUT2D eigenvalue weighted by atomic mass is 10.2. The number of hydrogen-bond acceptors (Lipinski definition) is 5. The maximum atomic E-state index is 13.2. The molecule has 0 aliphatic carbocycles. The van der Waals surface area contributed by atoms with E-state index in [4.69, 9.17) is 14.5 Å². The number of ether oxygens (including phenoxy) is 2. The van der Waals surface area contributed by atoms with E-state index in [2.05, 4.69) is 5.32 Å². The molecule has 0 spiro atoms. The van der Waals surface area contributed by atoms with Crippen LogP contribution >= 0.6 is 0 Å². The quantitative estimate of drug-likeness (QED) is 0.774. The van der Waals surface area contributed by atoms with Crippen molar-refractivity contribution in [3.63, 3.8) is 0 Å². The number of benzene rings is 2. The highest BCUT2D eigenvalue weighted by Gasteiger charge is 2.18. The van der Waals surface area contributed by atoms with Gasteiger partial charge in [-0.05, 0) is 50.4 Å². The van der Waals surface area contributed by atoms with Gasteiger partial charge in [0.25, 0.3) is 5.56 Å². The fourth-order valence-electron chi connectivity index (χ4n) is 2.76. The fraction of sp³-hybridized carbons (Fsp3) is 0.263. The molecule has 1 aromatic heterocycles. The summed E-state index contributed by atoms with van der Waals surface area (Å²) in [7, 11) is 5.02. The first-order chi connectivity index (χ1) is 12.1. The molecule has 0 unspecified atom stereocenters. The maximum absolute atomic E-state index is 13.2. The lowest BCUT2D eigenvalue weighted by molar-refractivity contribution is 0.414. The fourth-order valence-corrected chi connectivity index (χ4v) is 2.76. The molecule has 0 fully saturated rings. The third kappa shape index (κ3) is 2.96. The minimum Gasteiger partial charge on any atom is -0.497 e. The van der Waals surface area contributed by atoms with Gasteiger partial charge in [-0.2, -0.15) is 0 Å². The summed E-state index contributed by atoms with van der Waals surface area (Å²) in [6.45, 7) is 1.96. The Morgan fingerprint density at radius 1 is 1.08 bits per heavy atom. The zero-order valence-corrected chi connectivity index (χ0v) is 14.7. The second-order valence-electron chi connectivity index (χ2n) is 5.68. The van der Waals surface area contributed by atoms with E-state index in [-0.39, 0.29) is 11.6 Å². The number of fused-ring (bicyclic) bond motifs is 1. The van der Waals surface area contributed by atoms with Crippen LogP contribution in [0.2, 0.25) is 0 Å². The number of hydrogen-bond donors (Lipinski definition) is 1. The van der Waals surface area contributed by atoms with Crippen LogP contribution in [0.3, 0.4) is 0 Å². The summed E-state index contributed by atoms with van der Waals surface area (Å²) < 4.78 is 12.2. The van der Waals surface area contributed by atoms with Gasteiger partial charge >= 0.3 is 0 Å². The van der Waals surface area contributed by atoms with Crippen molar-refractivity contribution in [1.29, 1.82) is 0 Å². The molecule has 3 rings (SSSR count). The first kappa shape index (κ1) is 17.0. The zero-order valence-electron chi connectivity index (χ0n) is 14.7. The number of rotatable bonds is 5. The first-order valence-electron chi connectivity index (χ1n) is 8.02. The Kier molecular flexibility index (Phi) is 4.72. The van der Waals surface area contributed by atoms with Crippen molar-refractivity contribution in [3.05, 3.63) is 58.6 Å². The van der Waals surface area contributed by atoms with Gasteiger partial charge in [-0.3, -0.25) is 9.36 Å². The SMILES string of the molecule is CN[C@@H](C)c1nc2c(OC)cccc2c(=O)n1-c1ccc(OC)cc1. The van der Waals surface area contributed by atoms with Crippen molar-refractivity contribution < 1.29 is 9.47 Å². The van der Waals surface area contributed by atoms with Crippen molar-refractivity contribution in [2.24, 2.45) is 0 Å². The maximum Gasteiger partial charge on any atom is 0.266 e. The molecule has 0 saturated carbocycles. The van der Waals surface area contributed by atoms with Crippen LogP contribution in [0.4, 0.5) is 0 Å². The van der Waals surface area contributed by atoms with Crippen molar-refractivity contribution in [3.8, 4) is 17.2 Å². The monoisotopic (exact) mass is 339 g/mol. The summed E-state index contributed by atoms with van der Waals surface area (Å²) in [5, 5.41) is 3.67. The van der Waals surface area contributed by atoms with Gasteiger partial charge in [0, 0.05) is 0 Å². The molecule has 1 heterocycles. The van der Waals surface area contributed by atoms with Crippen LogP contribution in [0.25, 0.3) is 16.6 Å². The van der Waals surface area contributed by atoms with E-state index in [0.717, 1.165) is 11.4 Å². The molecular weight excluding hydrogens is 318 g/mol. The second-order valence-corrected chi connectivity index (χ2v) is 5.68. The summed E-state index contributed by atoms with van der Waals surface area (Å²) in [5.41, 5.74) is 1.17. The van der Waals surface area contributed by atoms with Gasteiger partial charge in [0.2, 0.25) is 0 Å². The van der Waals surface area contributed by atoms with Crippen LogP contribution in [0.5, 0.6) is 11.5 Å². The minimum atomic E-state index is -0.133. The molecule has 0 radical (unpaired) electrons. The largest absolute Gasteiger partial charge is 0.497 e. The van der Waals surface area contributed by atoms with E-state index < -0.39 is 0 Å². The molecule has 0 bridgehead atoms. The molecule has 25 heavy (non-hydrogen) atoms.